The molecule has 0 saturated carbocycles. The molecule has 0 amide bonds. The molecule has 0 unspecified atom stereocenters. The Morgan fingerprint density at radius 2 is 1.81 bits per heavy atom. The molecular weight excluding hydrogens is 288 g/mol. The third kappa shape index (κ3) is 6.13. The second kappa shape index (κ2) is 7.89. The van der Waals surface area contributed by atoms with E-state index in [1.54, 1.807) is 33.1 Å². The molecule has 0 heterocycles. The molecule has 0 aliphatic rings. The molecular formula is C15H26N2O3S. The molecule has 1 rings (SSSR count). The van der Waals surface area contributed by atoms with Crippen molar-refractivity contribution in [3.63, 3.8) is 0 Å². The first kappa shape index (κ1) is 18.1. The molecule has 5 nitrogen and oxygen atoms in total. The van der Waals surface area contributed by atoms with Gasteiger partial charge in [-0.1, -0.05) is 12.1 Å². The Labute approximate surface area is 128 Å². The van der Waals surface area contributed by atoms with Crippen molar-refractivity contribution >= 4 is 10.0 Å². The van der Waals surface area contributed by atoms with Crippen molar-refractivity contribution in [1.29, 1.82) is 0 Å². The molecule has 0 atom stereocenters. The van der Waals surface area contributed by atoms with Crippen molar-refractivity contribution in [2.45, 2.75) is 37.1 Å². The van der Waals surface area contributed by atoms with Gasteiger partial charge in [0.25, 0.3) is 0 Å². The largest absolute Gasteiger partial charge is 0.383 e. The van der Waals surface area contributed by atoms with Gasteiger partial charge in [-0.05, 0) is 58.0 Å². The highest BCUT2D eigenvalue weighted by molar-refractivity contribution is 7.89. The summed E-state index contributed by atoms with van der Waals surface area (Å²) >= 11 is 0. The van der Waals surface area contributed by atoms with Crippen molar-refractivity contribution in [3.8, 4) is 0 Å². The van der Waals surface area contributed by atoms with E-state index in [-0.39, 0.29) is 4.90 Å². The number of hydrogen-bond acceptors (Lipinski definition) is 4. The van der Waals surface area contributed by atoms with Crippen LogP contribution in [0.15, 0.2) is 29.2 Å². The van der Waals surface area contributed by atoms with Gasteiger partial charge >= 0.3 is 0 Å². The highest BCUT2D eigenvalue weighted by atomic mass is 32.2. The van der Waals surface area contributed by atoms with Crippen LogP contribution in [0, 0.1) is 0 Å². The van der Waals surface area contributed by atoms with E-state index < -0.39 is 15.6 Å². The standard InChI is InChI=1S/C15H26N2O3S/c1-15(2,12-20-4)17-21(18,19)14-9-7-13(8-10-14)6-5-11-16-3/h7-10,16-17H,5-6,11-12H2,1-4H3. The lowest BCUT2D eigenvalue weighted by Crippen LogP contribution is -2.46. The predicted molar refractivity (Wildman–Crippen MR) is 85.0 cm³/mol. The smallest absolute Gasteiger partial charge is 0.241 e. The van der Waals surface area contributed by atoms with Gasteiger partial charge in [0.05, 0.1) is 17.0 Å². The average molecular weight is 314 g/mol. The second-order valence-electron chi connectivity index (χ2n) is 5.77. The summed E-state index contributed by atoms with van der Waals surface area (Å²) in [4.78, 5) is 0.282. The molecule has 2 N–H and O–H groups in total. The molecule has 0 fully saturated rings. The maximum Gasteiger partial charge on any atom is 0.241 e. The van der Waals surface area contributed by atoms with Crippen LogP contribution in [-0.4, -0.2) is 41.3 Å². The number of methoxy groups -OCH3 is 1. The van der Waals surface area contributed by atoms with Gasteiger partial charge < -0.3 is 10.1 Å². The van der Waals surface area contributed by atoms with Crippen LogP contribution in [0.1, 0.15) is 25.8 Å². The Morgan fingerprint density at radius 1 is 1.19 bits per heavy atom. The van der Waals surface area contributed by atoms with Gasteiger partial charge in [-0.15, -0.1) is 0 Å². The minimum absolute atomic E-state index is 0.282. The highest BCUT2D eigenvalue weighted by Gasteiger charge is 2.26. The first-order valence-electron chi connectivity index (χ1n) is 7.07. The van der Waals surface area contributed by atoms with E-state index in [0.29, 0.717) is 6.61 Å². The van der Waals surface area contributed by atoms with Crippen LogP contribution in [0.4, 0.5) is 0 Å². The van der Waals surface area contributed by atoms with Crippen LogP contribution in [0.2, 0.25) is 0 Å². The average Bonchev–Trinajstić information content (AvgIpc) is 2.38. The molecule has 6 heteroatoms. The van der Waals surface area contributed by atoms with E-state index in [4.69, 9.17) is 4.74 Å². The normalized spacial score (nSPS) is 12.6. The zero-order valence-electron chi connectivity index (χ0n) is 13.3. The molecule has 0 aliphatic heterocycles. The molecule has 1 aromatic rings. The predicted octanol–water partition coefficient (Wildman–Crippen LogP) is 1.54. The summed E-state index contributed by atoms with van der Waals surface area (Å²) in [6.07, 6.45) is 1.96. The summed E-state index contributed by atoms with van der Waals surface area (Å²) in [6, 6.07) is 7.04. The Kier molecular flexibility index (Phi) is 6.80. The maximum absolute atomic E-state index is 12.3. The summed E-state index contributed by atoms with van der Waals surface area (Å²) in [5.74, 6) is 0. The minimum Gasteiger partial charge on any atom is -0.383 e. The maximum atomic E-state index is 12.3. The molecule has 0 aromatic heterocycles. The summed E-state index contributed by atoms with van der Waals surface area (Å²) in [6.45, 7) is 4.85. The molecule has 0 saturated heterocycles. The number of aryl methyl sites for hydroxylation is 1. The Balaban J connectivity index is 2.75. The van der Waals surface area contributed by atoms with E-state index in [0.717, 1.165) is 24.9 Å². The number of sulfonamides is 1. The molecule has 21 heavy (non-hydrogen) atoms. The fourth-order valence-electron chi connectivity index (χ4n) is 2.12. The summed E-state index contributed by atoms with van der Waals surface area (Å²) < 4.78 is 32.3. The van der Waals surface area contributed by atoms with E-state index in [9.17, 15) is 8.42 Å². The van der Waals surface area contributed by atoms with Gasteiger partial charge in [0.1, 0.15) is 0 Å². The Morgan fingerprint density at radius 3 is 2.33 bits per heavy atom. The van der Waals surface area contributed by atoms with Crippen LogP contribution in [0.3, 0.4) is 0 Å². The summed E-state index contributed by atoms with van der Waals surface area (Å²) in [7, 11) is -0.0531. The van der Waals surface area contributed by atoms with Gasteiger partial charge in [0.2, 0.25) is 10.0 Å². The summed E-state index contributed by atoms with van der Waals surface area (Å²) in [5.41, 5.74) is 0.499. The number of rotatable bonds is 9. The van der Waals surface area contributed by atoms with Crippen LogP contribution >= 0.6 is 0 Å². The van der Waals surface area contributed by atoms with Gasteiger partial charge in [-0.3, -0.25) is 0 Å². The SMILES string of the molecule is CNCCCc1ccc(S(=O)(=O)NC(C)(C)COC)cc1. The van der Waals surface area contributed by atoms with E-state index in [2.05, 4.69) is 10.0 Å². The van der Waals surface area contributed by atoms with Crippen LogP contribution in [0.5, 0.6) is 0 Å². The zero-order valence-corrected chi connectivity index (χ0v) is 14.1. The number of hydrogen-bond donors (Lipinski definition) is 2. The molecule has 1 aromatic carbocycles. The highest BCUT2D eigenvalue weighted by Crippen LogP contribution is 2.15. The van der Waals surface area contributed by atoms with Gasteiger partial charge in [0.15, 0.2) is 0 Å². The van der Waals surface area contributed by atoms with Crippen molar-refractivity contribution in [2.75, 3.05) is 27.3 Å². The van der Waals surface area contributed by atoms with Crippen molar-refractivity contribution in [3.05, 3.63) is 29.8 Å². The third-order valence-corrected chi connectivity index (χ3v) is 4.76. The Hall–Kier alpha value is -0.950. The summed E-state index contributed by atoms with van der Waals surface area (Å²) in [5, 5.41) is 3.09. The van der Waals surface area contributed by atoms with E-state index in [1.165, 1.54) is 0 Å². The van der Waals surface area contributed by atoms with Crippen LogP contribution in [0.25, 0.3) is 0 Å². The van der Waals surface area contributed by atoms with E-state index >= 15 is 0 Å². The van der Waals surface area contributed by atoms with E-state index in [1.807, 2.05) is 19.2 Å². The third-order valence-electron chi connectivity index (χ3n) is 3.04. The first-order chi connectivity index (χ1) is 9.80. The first-order valence-corrected chi connectivity index (χ1v) is 8.55. The monoisotopic (exact) mass is 314 g/mol. The fourth-order valence-corrected chi connectivity index (χ4v) is 3.52. The van der Waals surface area contributed by atoms with Gasteiger partial charge in [-0.25, -0.2) is 13.1 Å². The molecule has 120 valence electrons. The van der Waals surface area contributed by atoms with Crippen molar-refractivity contribution in [2.24, 2.45) is 0 Å². The van der Waals surface area contributed by atoms with Crippen LogP contribution < -0.4 is 10.0 Å². The van der Waals surface area contributed by atoms with Crippen LogP contribution in [-0.2, 0) is 21.2 Å². The Bertz CT molecular complexity index is 524. The number of nitrogens with one attached hydrogen (secondary N) is 2. The second-order valence-corrected chi connectivity index (χ2v) is 7.46. The molecule has 0 spiro atoms. The lowest BCUT2D eigenvalue weighted by Gasteiger charge is -2.24. The number of benzene rings is 1. The molecule has 0 bridgehead atoms. The lowest BCUT2D eigenvalue weighted by atomic mass is 10.1. The lowest BCUT2D eigenvalue weighted by molar-refractivity contribution is 0.141. The van der Waals surface area contributed by atoms with Gasteiger partial charge in [0, 0.05) is 7.11 Å². The molecule has 0 aliphatic carbocycles. The van der Waals surface area contributed by atoms with Gasteiger partial charge in [-0.2, -0.15) is 0 Å². The fraction of sp³-hybridized carbons (Fsp3) is 0.600. The number of ether oxygens (including phenoxy) is 1. The molecule has 0 radical (unpaired) electrons. The topological polar surface area (TPSA) is 67.4 Å². The quantitative estimate of drug-likeness (QED) is 0.679. The van der Waals surface area contributed by atoms with Crippen molar-refractivity contribution in [1.82, 2.24) is 10.0 Å². The zero-order chi connectivity index (χ0) is 15.9. The minimum atomic E-state index is -3.52. The van der Waals surface area contributed by atoms with Crippen molar-refractivity contribution < 1.29 is 13.2 Å².